The van der Waals surface area contributed by atoms with Gasteiger partial charge in [0.05, 0.1) is 17.2 Å². The predicted molar refractivity (Wildman–Crippen MR) is 598 cm³/mol. The quantitative estimate of drug-likeness (QED) is 0.175. The molecule has 18 aromatic carbocycles. The van der Waals surface area contributed by atoms with Gasteiger partial charge in [0.2, 0.25) is 0 Å². The monoisotopic (exact) mass is 1880 g/mol. The second kappa shape index (κ2) is 34.9. The number of fused-ring (bicyclic) bond motifs is 30. The van der Waals surface area contributed by atoms with Gasteiger partial charge < -0.3 is 19.1 Å². The SMILES string of the molecule is CC(C)(C)c1cc2c(cc1-c1cccc3c1OC(C)(C)c1ccccc1OC3(C)C)-c1ccccc1-c1ccccc1-c1ccccc1-2.CC(C)(C)c1cc2c(cc1-c1cccc3c1SC(C)(C)c1ccccc1SC3(C)C)-c1ccccc1-c1cc(C#N)ccc1-c1ccccc1-2.CC1(C)Oc2ccccc2C(C)(C)N(c2ccc3c(c2)-c2ccccc2-c2ccccc2-c2ccccc2-3)c2ccccc21. The molecule has 18 aromatic rings. The van der Waals surface area contributed by atoms with E-state index in [4.69, 9.17) is 14.2 Å². The fourth-order valence-electron chi connectivity index (χ4n) is 23.1. The van der Waals surface area contributed by atoms with Gasteiger partial charge in [-0.2, -0.15) is 5.26 Å². The first-order chi connectivity index (χ1) is 68.2. The van der Waals surface area contributed by atoms with E-state index in [0.29, 0.717) is 5.56 Å². The molecule has 3 heterocycles. The van der Waals surface area contributed by atoms with Crippen LogP contribution in [0, 0.1) is 11.3 Å². The highest BCUT2D eigenvalue weighted by Crippen LogP contribution is 2.62. The van der Waals surface area contributed by atoms with Crippen molar-refractivity contribution in [2.75, 3.05) is 4.90 Å². The average molecular weight is 1880 g/mol. The maximum Gasteiger partial charge on any atom is 0.135 e. The molecule has 7 heteroatoms. The number of benzene rings is 18. The molecule has 0 N–H and O–H groups in total. The third-order valence-corrected chi connectivity index (χ3v) is 32.6. The standard InChI is InChI=1S/C47H41NS2.C46H42O2.C42H35NO/c1-45(2,3)42-27-38-31-16-9-8-15-30(31)34-24-23-29(28-48)25-36(34)32-17-10-11-18-33(32)37(38)26-39(42)35-19-14-21-41-44(35)50-46(4,5)40-20-12-13-22-43(40)49-47(41,6)7;1-44(2,3)41-28-37-34-22-13-11-20-32(34)30-18-9-8-17-29(30)31-19-10-12-21-33(31)36(37)27-38(41)35-23-16-25-40-43(35)48-45(4,5)39-24-14-15-26-42(39)47-46(40,6)7;1-41(2)38-22-12-14-24-40(38)44-42(3,4)37-21-11-13-23-39(37)43(41)28-25-26-35-33-19-8-7-17-31(33)29-15-5-6-16-30(29)32-18-9-10-20-34(32)36(35)27-28/h8-27H,1-7H3;8-28H,1-7H3;5-27H,1-4H3. The number of anilines is 2. The van der Waals surface area contributed by atoms with Crippen molar-refractivity contribution >= 4 is 34.9 Å². The zero-order chi connectivity index (χ0) is 98.5. The van der Waals surface area contributed by atoms with Crippen LogP contribution in [0.3, 0.4) is 0 Å². The highest BCUT2D eigenvalue weighted by atomic mass is 32.2. The van der Waals surface area contributed by atoms with Crippen LogP contribution >= 0.6 is 23.5 Å². The minimum Gasteiger partial charge on any atom is -0.483 e. The summed E-state index contributed by atoms with van der Waals surface area (Å²) < 4.78 is 20.6. The van der Waals surface area contributed by atoms with Gasteiger partial charge in [-0.3, -0.25) is 0 Å². The molecule has 3 aliphatic carbocycles. The third kappa shape index (κ3) is 16.0. The van der Waals surface area contributed by atoms with E-state index in [1.165, 1.54) is 166 Å². The molecule has 3 aliphatic heterocycles. The second-order valence-electron chi connectivity index (χ2n) is 43.7. The van der Waals surface area contributed by atoms with Crippen molar-refractivity contribution in [3.8, 4) is 179 Å². The van der Waals surface area contributed by atoms with Gasteiger partial charge in [-0.15, -0.1) is 23.5 Å². The summed E-state index contributed by atoms with van der Waals surface area (Å²) in [6.07, 6.45) is 0. The molecule has 0 spiro atoms. The first-order valence-corrected chi connectivity index (χ1v) is 51.5. The van der Waals surface area contributed by atoms with Crippen LogP contribution in [0.2, 0.25) is 0 Å². The van der Waals surface area contributed by atoms with Crippen LogP contribution in [-0.2, 0) is 42.7 Å². The maximum atomic E-state index is 9.94. The number of nitriles is 1. The van der Waals surface area contributed by atoms with Crippen LogP contribution in [0.1, 0.15) is 175 Å². The number of thioether (sulfide) groups is 2. The van der Waals surface area contributed by atoms with Crippen molar-refractivity contribution in [2.24, 2.45) is 0 Å². The predicted octanol–water partition coefficient (Wildman–Crippen LogP) is 37.8. The summed E-state index contributed by atoms with van der Waals surface area (Å²) in [5, 5.41) is 9.94. The number of hydrogen-bond acceptors (Lipinski definition) is 7. The fourth-order valence-corrected chi connectivity index (χ4v) is 26.2. The topological polar surface area (TPSA) is 54.7 Å². The van der Waals surface area contributed by atoms with Crippen LogP contribution in [0.25, 0.3) is 156 Å². The summed E-state index contributed by atoms with van der Waals surface area (Å²) in [5.74, 6) is 2.65. The Bertz CT molecular complexity index is 8190. The number of ether oxygens (including phenoxy) is 3. The Morgan fingerprint density at radius 1 is 0.239 bits per heavy atom. The van der Waals surface area contributed by atoms with Crippen molar-refractivity contribution in [3.63, 3.8) is 0 Å². The minimum absolute atomic E-state index is 0.123. The highest BCUT2D eigenvalue weighted by Gasteiger charge is 2.45. The largest absolute Gasteiger partial charge is 0.483 e. The molecule has 0 bridgehead atoms. The normalized spacial score (nSPS) is 15.3. The molecule has 142 heavy (non-hydrogen) atoms. The lowest BCUT2D eigenvalue weighted by molar-refractivity contribution is 0.0526. The van der Waals surface area contributed by atoms with Crippen LogP contribution in [-0.4, -0.2) is 0 Å². The van der Waals surface area contributed by atoms with Crippen molar-refractivity contribution in [1.29, 1.82) is 5.26 Å². The van der Waals surface area contributed by atoms with Crippen LogP contribution in [0.15, 0.2) is 398 Å². The van der Waals surface area contributed by atoms with Gasteiger partial charge in [-0.25, -0.2) is 0 Å². The van der Waals surface area contributed by atoms with E-state index >= 15 is 0 Å². The van der Waals surface area contributed by atoms with Crippen molar-refractivity contribution in [2.45, 2.75) is 177 Å². The van der Waals surface area contributed by atoms with E-state index in [0.717, 1.165) is 73.1 Å². The van der Waals surface area contributed by atoms with Gasteiger partial charge in [0.25, 0.3) is 0 Å². The summed E-state index contributed by atoms with van der Waals surface area (Å²) in [6, 6.07) is 144. The lowest BCUT2D eigenvalue weighted by atomic mass is 9.74. The molecule has 0 saturated carbocycles. The van der Waals surface area contributed by atoms with Crippen molar-refractivity contribution in [3.05, 3.63) is 438 Å². The Labute approximate surface area is 847 Å². The van der Waals surface area contributed by atoms with Gasteiger partial charge in [0, 0.05) is 58.5 Å². The van der Waals surface area contributed by atoms with E-state index < -0.39 is 22.3 Å². The Balaban J connectivity index is 0.000000122. The molecule has 0 atom stereocenters. The number of rotatable bonds is 3. The first kappa shape index (κ1) is 92.4. The third-order valence-electron chi connectivity index (χ3n) is 29.9. The average Bonchev–Trinajstić information content (AvgIpc) is 0.726. The molecule has 5 nitrogen and oxygen atoms in total. The zero-order valence-electron chi connectivity index (χ0n) is 84.4. The van der Waals surface area contributed by atoms with Crippen molar-refractivity contribution < 1.29 is 14.2 Å². The molecule has 698 valence electrons. The Kier molecular flexibility index (Phi) is 22.7. The molecule has 0 saturated heterocycles. The number of nitrogens with zero attached hydrogens (tertiary/aromatic N) is 2. The van der Waals surface area contributed by atoms with Gasteiger partial charge in [0.1, 0.15) is 34.1 Å². The van der Waals surface area contributed by atoms with E-state index in [1.807, 2.05) is 35.7 Å². The minimum atomic E-state index is -0.626. The fraction of sp³-hybridized carbons (Fsp3) is 0.193. The molecule has 6 aliphatic rings. The van der Waals surface area contributed by atoms with E-state index in [9.17, 15) is 5.26 Å². The molecule has 0 fully saturated rings. The molecule has 0 unspecified atom stereocenters. The van der Waals surface area contributed by atoms with E-state index in [2.05, 4.69) is 512 Å². The molecular formula is C135H118N2O3S2. The summed E-state index contributed by atoms with van der Waals surface area (Å²) in [7, 11) is 0. The van der Waals surface area contributed by atoms with Crippen LogP contribution < -0.4 is 19.1 Å². The summed E-state index contributed by atoms with van der Waals surface area (Å²) in [5.41, 5.74) is 44.5. The summed E-state index contributed by atoms with van der Waals surface area (Å²) >= 11 is 3.98. The summed E-state index contributed by atoms with van der Waals surface area (Å²) in [6.45, 7) is 41.0. The lowest BCUT2D eigenvalue weighted by Crippen LogP contribution is -2.43. The van der Waals surface area contributed by atoms with Crippen LogP contribution in [0.4, 0.5) is 11.4 Å². The lowest BCUT2D eigenvalue weighted by Gasteiger charge is -2.47. The van der Waals surface area contributed by atoms with E-state index in [-0.39, 0.29) is 20.3 Å². The molecule has 24 rings (SSSR count). The molecule has 0 aromatic heterocycles. The van der Waals surface area contributed by atoms with Gasteiger partial charge in [-0.05, 0) is 339 Å². The van der Waals surface area contributed by atoms with Gasteiger partial charge in [-0.1, -0.05) is 357 Å². The number of para-hydroxylation sites is 4. The Morgan fingerprint density at radius 2 is 0.542 bits per heavy atom. The molecule has 0 radical (unpaired) electrons. The summed E-state index contributed by atoms with van der Waals surface area (Å²) in [4.78, 5) is 5.24. The van der Waals surface area contributed by atoms with Crippen LogP contribution in [0.5, 0.6) is 17.2 Å². The number of hydrogen-bond donors (Lipinski definition) is 0. The van der Waals surface area contributed by atoms with Gasteiger partial charge in [0.15, 0.2) is 0 Å². The highest BCUT2D eigenvalue weighted by molar-refractivity contribution is 8.02. The Hall–Kier alpha value is -14.7. The molecular weight excluding hydrogens is 1760 g/mol. The maximum absolute atomic E-state index is 9.94. The van der Waals surface area contributed by atoms with Gasteiger partial charge >= 0.3 is 0 Å². The second-order valence-corrected chi connectivity index (χ2v) is 47.0. The van der Waals surface area contributed by atoms with Crippen molar-refractivity contribution in [1.82, 2.24) is 0 Å². The Morgan fingerprint density at radius 3 is 0.986 bits per heavy atom. The van der Waals surface area contributed by atoms with E-state index in [1.54, 1.807) is 0 Å². The zero-order valence-corrected chi connectivity index (χ0v) is 86.0. The smallest absolute Gasteiger partial charge is 0.135 e. The first-order valence-electron chi connectivity index (χ1n) is 49.9. The molecule has 0 amide bonds.